The number of imide groups is 1. The van der Waals surface area contributed by atoms with Crippen molar-refractivity contribution in [2.75, 3.05) is 37.6 Å². The van der Waals surface area contributed by atoms with Crippen molar-refractivity contribution >= 4 is 29.2 Å². The van der Waals surface area contributed by atoms with Gasteiger partial charge in [-0.05, 0) is 36.4 Å². The van der Waals surface area contributed by atoms with Crippen molar-refractivity contribution in [1.29, 1.82) is 0 Å². The predicted molar refractivity (Wildman–Crippen MR) is 108 cm³/mol. The van der Waals surface area contributed by atoms with Gasteiger partial charge in [0.1, 0.15) is 11.8 Å². The molecule has 1 fully saturated rings. The number of carbonyl (C=O) groups excluding carboxylic acids is 3. The molecule has 0 radical (unpaired) electrons. The fourth-order valence-electron chi connectivity index (χ4n) is 3.16. The number of anilines is 2. The first-order valence-corrected chi connectivity index (χ1v) is 9.17. The topological polar surface area (TPSA) is 88.2 Å². The molecular weight excluding hydrogens is 374 g/mol. The number of methoxy groups -OCH3 is 2. The van der Waals surface area contributed by atoms with Gasteiger partial charge < -0.3 is 19.7 Å². The normalized spacial score (nSPS) is 16.3. The van der Waals surface area contributed by atoms with Crippen LogP contribution in [0.2, 0.25) is 0 Å². The van der Waals surface area contributed by atoms with Crippen LogP contribution < -0.4 is 15.0 Å². The molecule has 1 saturated heterocycles. The number of nitrogens with one attached hydrogen (secondary N) is 1. The van der Waals surface area contributed by atoms with Gasteiger partial charge >= 0.3 is 6.03 Å². The lowest BCUT2D eigenvalue weighted by Gasteiger charge is -2.21. The van der Waals surface area contributed by atoms with Gasteiger partial charge in [0.15, 0.2) is 0 Å². The molecule has 1 atom stereocenters. The average Bonchev–Trinajstić information content (AvgIpc) is 2.96. The van der Waals surface area contributed by atoms with E-state index in [9.17, 15) is 14.4 Å². The summed E-state index contributed by atoms with van der Waals surface area (Å²) >= 11 is 0. The average molecular weight is 397 g/mol. The molecule has 8 heteroatoms. The molecule has 3 rings (SSSR count). The minimum Gasteiger partial charge on any atom is -0.497 e. The Labute approximate surface area is 169 Å². The Balaban J connectivity index is 1.80. The van der Waals surface area contributed by atoms with Crippen LogP contribution in [0.5, 0.6) is 5.75 Å². The Morgan fingerprint density at radius 2 is 1.72 bits per heavy atom. The van der Waals surface area contributed by atoms with Gasteiger partial charge in [-0.3, -0.25) is 9.59 Å². The fourth-order valence-corrected chi connectivity index (χ4v) is 3.16. The first kappa shape index (κ1) is 20.3. The third-order valence-electron chi connectivity index (χ3n) is 4.62. The van der Waals surface area contributed by atoms with Crippen LogP contribution in [0.4, 0.5) is 16.2 Å². The van der Waals surface area contributed by atoms with Crippen LogP contribution in [-0.4, -0.2) is 56.2 Å². The van der Waals surface area contributed by atoms with Crippen LogP contribution in [0.25, 0.3) is 0 Å². The summed E-state index contributed by atoms with van der Waals surface area (Å²) < 4.78 is 10.2. The third-order valence-corrected chi connectivity index (χ3v) is 4.62. The van der Waals surface area contributed by atoms with Crippen LogP contribution in [0.15, 0.2) is 54.6 Å². The summed E-state index contributed by atoms with van der Waals surface area (Å²) in [6.45, 7) is 0.462. The molecule has 152 valence electrons. The van der Waals surface area contributed by atoms with Crippen LogP contribution >= 0.6 is 0 Å². The number of benzene rings is 2. The second-order valence-corrected chi connectivity index (χ2v) is 6.47. The molecule has 1 aliphatic heterocycles. The van der Waals surface area contributed by atoms with Crippen LogP contribution in [0.1, 0.15) is 6.42 Å². The largest absolute Gasteiger partial charge is 0.497 e. The van der Waals surface area contributed by atoms with Crippen LogP contribution in [-0.2, 0) is 14.3 Å². The summed E-state index contributed by atoms with van der Waals surface area (Å²) in [6.07, 6.45) is -0.143. The van der Waals surface area contributed by atoms with Crippen molar-refractivity contribution in [2.24, 2.45) is 0 Å². The standard InChI is InChI=1S/C21H23N3O5/c1-28-13-12-23-18(14-19(25)22-15-6-4-3-5-7-15)20(26)24(21(23)27)16-8-10-17(29-2)11-9-16/h3-11,18H,12-14H2,1-2H3,(H,22,25). The molecule has 1 heterocycles. The number of nitrogens with zero attached hydrogens (tertiary/aromatic N) is 2. The van der Waals surface area contributed by atoms with Crippen molar-refractivity contribution in [1.82, 2.24) is 4.90 Å². The molecule has 29 heavy (non-hydrogen) atoms. The highest BCUT2D eigenvalue weighted by Gasteiger charge is 2.46. The zero-order valence-corrected chi connectivity index (χ0v) is 16.3. The molecule has 4 amide bonds. The van der Waals surface area contributed by atoms with E-state index in [0.29, 0.717) is 17.1 Å². The summed E-state index contributed by atoms with van der Waals surface area (Å²) in [6, 6.07) is 14.2. The van der Waals surface area contributed by atoms with Crippen LogP contribution in [0, 0.1) is 0 Å². The summed E-state index contributed by atoms with van der Waals surface area (Å²) in [4.78, 5) is 41.0. The molecule has 0 spiro atoms. The first-order chi connectivity index (χ1) is 14.0. The van der Waals surface area contributed by atoms with E-state index >= 15 is 0 Å². The van der Waals surface area contributed by atoms with E-state index in [1.165, 1.54) is 19.1 Å². The highest BCUT2D eigenvalue weighted by Crippen LogP contribution is 2.28. The maximum Gasteiger partial charge on any atom is 0.332 e. The molecule has 8 nitrogen and oxygen atoms in total. The van der Waals surface area contributed by atoms with Crippen molar-refractivity contribution in [3.05, 3.63) is 54.6 Å². The maximum absolute atomic E-state index is 13.0. The minimum absolute atomic E-state index is 0.143. The molecule has 0 saturated carbocycles. The van der Waals surface area contributed by atoms with Gasteiger partial charge in [-0.2, -0.15) is 0 Å². The lowest BCUT2D eigenvalue weighted by molar-refractivity contribution is -0.124. The molecule has 0 bridgehead atoms. The molecule has 1 unspecified atom stereocenters. The predicted octanol–water partition coefficient (Wildman–Crippen LogP) is 2.51. The smallest absolute Gasteiger partial charge is 0.332 e. The van der Waals surface area contributed by atoms with Crippen molar-refractivity contribution in [3.63, 3.8) is 0 Å². The highest BCUT2D eigenvalue weighted by atomic mass is 16.5. The second kappa shape index (κ2) is 9.20. The van der Waals surface area contributed by atoms with Gasteiger partial charge in [0.25, 0.3) is 5.91 Å². The monoisotopic (exact) mass is 397 g/mol. The third kappa shape index (κ3) is 4.55. The quantitative estimate of drug-likeness (QED) is 0.692. The zero-order valence-electron chi connectivity index (χ0n) is 16.3. The van der Waals surface area contributed by atoms with Gasteiger partial charge in [-0.25, -0.2) is 9.69 Å². The molecule has 1 N–H and O–H groups in total. The van der Waals surface area contributed by atoms with Crippen molar-refractivity contribution in [2.45, 2.75) is 12.5 Å². The maximum atomic E-state index is 13.0. The molecule has 2 aromatic carbocycles. The Hall–Kier alpha value is -3.39. The van der Waals surface area contributed by atoms with E-state index in [-0.39, 0.29) is 25.5 Å². The molecule has 0 aliphatic carbocycles. The number of carbonyl (C=O) groups is 3. The van der Waals surface area contributed by atoms with Gasteiger partial charge in [0, 0.05) is 19.3 Å². The molecule has 0 aromatic heterocycles. The summed E-state index contributed by atoms with van der Waals surface area (Å²) in [5.41, 5.74) is 1.05. The lowest BCUT2D eigenvalue weighted by atomic mass is 10.1. The molecular formula is C21H23N3O5. The number of para-hydroxylation sites is 1. The Morgan fingerprint density at radius 3 is 2.34 bits per heavy atom. The van der Waals surface area contributed by atoms with Gasteiger partial charge in [-0.15, -0.1) is 0 Å². The molecule has 1 aliphatic rings. The minimum atomic E-state index is -0.900. The van der Waals surface area contributed by atoms with Crippen molar-refractivity contribution in [3.8, 4) is 5.75 Å². The Bertz CT molecular complexity index is 870. The number of hydrogen-bond donors (Lipinski definition) is 1. The first-order valence-electron chi connectivity index (χ1n) is 9.17. The Kier molecular flexibility index (Phi) is 6.46. The van der Waals surface area contributed by atoms with E-state index in [1.807, 2.05) is 6.07 Å². The van der Waals surface area contributed by atoms with E-state index in [4.69, 9.17) is 9.47 Å². The van der Waals surface area contributed by atoms with E-state index in [1.54, 1.807) is 48.5 Å². The summed E-state index contributed by atoms with van der Waals surface area (Å²) in [5.74, 6) is -0.177. The number of urea groups is 1. The number of amides is 4. The highest BCUT2D eigenvalue weighted by molar-refractivity contribution is 6.22. The lowest BCUT2D eigenvalue weighted by Crippen LogP contribution is -2.39. The Morgan fingerprint density at radius 1 is 1.03 bits per heavy atom. The zero-order chi connectivity index (χ0) is 20.8. The van der Waals surface area contributed by atoms with Crippen LogP contribution in [0.3, 0.4) is 0 Å². The fraction of sp³-hybridized carbons (Fsp3) is 0.286. The summed E-state index contributed by atoms with van der Waals surface area (Å²) in [5, 5.41) is 2.76. The van der Waals surface area contributed by atoms with Gasteiger partial charge in [0.2, 0.25) is 5.91 Å². The number of rotatable bonds is 8. The van der Waals surface area contributed by atoms with Gasteiger partial charge in [-0.1, -0.05) is 18.2 Å². The van der Waals surface area contributed by atoms with E-state index in [0.717, 1.165) is 4.90 Å². The van der Waals surface area contributed by atoms with Crippen molar-refractivity contribution < 1.29 is 23.9 Å². The molecule has 2 aromatic rings. The number of ether oxygens (including phenoxy) is 2. The van der Waals surface area contributed by atoms with Gasteiger partial charge in [0.05, 0.1) is 25.8 Å². The van der Waals surface area contributed by atoms with E-state index in [2.05, 4.69) is 5.32 Å². The summed E-state index contributed by atoms with van der Waals surface area (Å²) in [7, 11) is 3.05. The SMILES string of the molecule is COCCN1C(=O)N(c2ccc(OC)cc2)C(=O)C1CC(=O)Nc1ccccc1. The van der Waals surface area contributed by atoms with E-state index < -0.39 is 18.0 Å². The second-order valence-electron chi connectivity index (χ2n) is 6.47. The number of hydrogen-bond acceptors (Lipinski definition) is 5.